The largest absolute Gasteiger partial charge is 0.371 e. The highest BCUT2D eigenvalue weighted by Gasteiger charge is 2.26. The zero-order chi connectivity index (χ0) is 22.6. The van der Waals surface area contributed by atoms with Crippen molar-refractivity contribution in [3.8, 4) is 0 Å². The third-order valence-corrected chi connectivity index (χ3v) is 8.17. The van der Waals surface area contributed by atoms with Gasteiger partial charge in [-0.05, 0) is 68.1 Å². The maximum absolute atomic E-state index is 12.7. The summed E-state index contributed by atoms with van der Waals surface area (Å²) in [7, 11) is -3.54. The van der Waals surface area contributed by atoms with Gasteiger partial charge in [-0.2, -0.15) is 0 Å². The van der Waals surface area contributed by atoms with Gasteiger partial charge < -0.3 is 10.2 Å². The predicted molar refractivity (Wildman–Crippen MR) is 129 cm³/mol. The quantitative estimate of drug-likeness (QED) is 0.628. The molecule has 2 aromatic rings. The molecule has 1 saturated carbocycles. The van der Waals surface area contributed by atoms with Crippen molar-refractivity contribution in [2.24, 2.45) is 5.92 Å². The highest BCUT2D eigenvalue weighted by Crippen LogP contribution is 2.27. The Bertz CT molecular complexity index is 1030. The van der Waals surface area contributed by atoms with Gasteiger partial charge in [-0.1, -0.05) is 36.9 Å². The van der Waals surface area contributed by atoms with Gasteiger partial charge in [0.05, 0.1) is 4.90 Å². The third kappa shape index (κ3) is 5.82. The van der Waals surface area contributed by atoms with Crippen molar-refractivity contribution in [1.29, 1.82) is 0 Å². The van der Waals surface area contributed by atoms with E-state index in [0.29, 0.717) is 10.7 Å². The Morgan fingerprint density at radius 2 is 1.62 bits per heavy atom. The Morgan fingerprint density at radius 1 is 0.938 bits per heavy atom. The van der Waals surface area contributed by atoms with Gasteiger partial charge in [0.2, 0.25) is 15.9 Å². The first-order chi connectivity index (χ1) is 15.4. The standard InChI is InChI=1S/C24H30ClN3O3S/c25-19-5-4-8-22(17-19)28-15-13-18(14-16-28)24(29)26-20-9-11-23(12-10-20)32(30,31)27-21-6-2-1-3-7-21/h4-5,8-12,17-18,21,27H,1-3,6-7,13-16H2,(H,26,29). The molecule has 1 heterocycles. The number of nitrogens with one attached hydrogen (secondary N) is 2. The summed E-state index contributed by atoms with van der Waals surface area (Å²) < 4.78 is 28.1. The summed E-state index contributed by atoms with van der Waals surface area (Å²) in [5.74, 6) is -0.0894. The first kappa shape index (κ1) is 23.1. The van der Waals surface area contributed by atoms with Crippen molar-refractivity contribution in [2.75, 3.05) is 23.3 Å². The molecule has 8 heteroatoms. The molecule has 2 fully saturated rings. The number of hydrogen-bond acceptors (Lipinski definition) is 4. The van der Waals surface area contributed by atoms with Crippen molar-refractivity contribution in [2.45, 2.75) is 55.9 Å². The van der Waals surface area contributed by atoms with Crippen LogP contribution < -0.4 is 14.9 Å². The van der Waals surface area contributed by atoms with Gasteiger partial charge in [0.15, 0.2) is 0 Å². The molecular weight excluding hydrogens is 446 g/mol. The zero-order valence-electron chi connectivity index (χ0n) is 18.1. The number of piperidine rings is 1. The maximum Gasteiger partial charge on any atom is 0.240 e. The summed E-state index contributed by atoms with van der Waals surface area (Å²) in [4.78, 5) is 15.2. The van der Waals surface area contributed by atoms with E-state index in [-0.39, 0.29) is 22.8 Å². The molecule has 0 spiro atoms. The normalized spacial score (nSPS) is 18.5. The van der Waals surface area contributed by atoms with Gasteiger partial charge in [-0.15, -0.1) is 0 Å². The van der Waals surface area contributed by atoms with Crippen LogP contribution in [0.2, 0.25) is 5.02 Å². The van der Waals surface area contributed by atoms with E-state index in [1.807, 2.05) is 24.3 Å². The number of benzene rings is 2. The minimum Gasteiger partial charge on any atom is -0.371 e. The molecule has 0 aromatic heterocycles. The summed E-state index contributed by atoms with van der Waals surface area (Å²) in [6, 6.07) is 14.2. The summed E-state index contributed by atoms with van der Waals surface area (Å²) in [5.41, 5.74) is 1.69. The Morgan fingerprint density at radius 3 is 2.28 bits per heavy atom. The van der Waals surface area contributed by atoms with Gasteiger partial charge in [0, 0.05) is 41.4 Å². The number of halogens is 1. The SMILES string of the molecule is O=C(Nc1ccc(S(=O)(=O)NC2CCCCC2)cc1)C1CCN(c2cccc(Cl)c2)CC1. The molecule has 2 aromatic carbocycles. The van der Waals surface area contributed by atoms with Crippen LogP contribution in [0.4, 0.5) is 11.4 Å². The first-order valence-corrected chi connectivity index (χ1v) is 13.2. The molecule has 1 amide bonds. The second-order valence-corrected chi connectivity index (χ2v) is 10.9. The molecule has 1 aliphatic carbocycles. The van der Waals surface area contributed by atoms with Crippen LogP contribution in [0.3, 0.4) is 0 Å². The number of amides is 1. The lowest BCUT2D eigenvalue weighted by molar-refractivity contribution is -0.120. The van der Waals surface area contributed by atoms with E-state index in [1.165, 1.54) is 6.42 Å². The molecular formula is C24H30ClN3O3S. The van der Waals surface area contributed by atoms with Crippen molar-refractivity contribution in [3.63, 3.8) is 0 Å². The van der Waals surface area contributed by atoms with Crippen LogP contribution in [0.1, 0.15) is 44.9 Å². The average molecular weight is 476 g/mol. The van der Waals surface area contributed by atoms with E-state index in [0.717, 1.165) is 57.3 Å². The van der Waals surface area contributed by atoms with E-state index >= 15 is 0 Å². The summed E-state index contributed by atoms with van der Waals surface area (Å²) >= 11 is 6.09. The van der Waals surface area contributed by atoms with Gasteiger partial charge in [-0.25, -0.2) is 13.1 Å². The Labute approximate surface area is 195 Å². The summed E-state index contributed by atoms with van der Waals surface area (Å²) in [6.45, 7) is 1.59. The fourth-order valence-corrected chi connectivity index (χ4v) is 6.03. The summed E-state index contributed by atoms with van der Waals surface area (Å²) in [6.07, 6.45) is 6.61. The fraction of sp³-hybridized carbons (Fsp3) is 0.458. The average Bonchev–Trinajstić information content (AvgIpc) is 2.80. The van der Waals surface area contributed by atoms with Crippen molar-refractivity contribution < 1.29 is 13.2 Å². The first-order valence-electron chi connectivity index (χ1n) is 11.3. The third-order valence-electron chi connectivity index (χ3n) is 6.40. The number of carbonyl (C=O) groups is 1. The van der Waals surface area contributed by atoms with E-state index in [2.05, 4.69) is 14.9 Å². The molecule has 0 unspecified atom stereocenters. The van der Waals surface area contributed by atoms with Crippen LogP contribution >= 0.6 is 11.6 Å². The number of hydrogen-bond donors (Lipinski definition) is 2. The molecule has 4 rings (SSSR count). The number of anilines is 2. The van der Waals surface area contributed by atoms with Gasteiger partial charge in [-0.3, -0.25) is 4.79 Å². The molecule has 0 bridgehead atoms. The lowest BCUT2D eigenvalue weighted by atomic mass is 9.95. The second-order valence-electron chi connectivity index (χ2n) is 8.71. The van der Waals surface area contributed by atoms with Gasteiger partial charge in [0.1, 0.15) is 0 Å². The fourth-order valence-electron chi connectivity index (χ4n) is 4.54. The number of carbonyl (C=O) groups excluding carboxylic acids is 1. The second kappa shape index (κ2) is 10.2. The molecule has 172 valence electrons. The monoisotopic (exact) mass is 475 g/mol. The summed E-state index contributed by atoms with van der Waals surface area (Å²) in [5, 5.41) is 3.65. The minimum atomic E-state index is -3.54. The van der Waals surface area contributed by atoms with E-state index in [1.54, 1.807) is 24.3 Å². The molecule has 0 atom stereocenters. The maximum atomic E-state index is 12.7. The molecule has 1 aliphatic heterocycles. The Balaban J connectivity index is 1.30. The van der Waals surface area contributed by atoms with E-state index in [9.17, 15) is 13.2 Å². The molecule has 32 heavy (non-hydrogen) atoms. The number of nitrogens with zero attached hydrogens (tertiary/aromatic N) is 1. The predicted octanol–water partition coefficient (Wildman–Crippen LogP) is 4.81. The van der Waals surface area contributed by atoms with E-state index in [4.69, 9.17) is 11.6 Å². The van der Waals surface area contributed by atoms with Crippen LogP contribution in [0.25, 0.3) is 0 Å². The minimum absolute atomic E-state index is 0.0194. The van der Waals surface area contributed by atoms with Crippen LogP contribution in [0.5, 0.6) is 0 Å². The van der Waals surface area contributed by atoms with Gasteiger partial charge in [0.25, 0.3) is 0 Å². The molecule has 6 nitrogen and oxygen atoms in total. The number of rotatable bonds is 6. The van der Waals surface area contributed by atoms with Crippen LogP contribution in [-0.2, 0) is 14.8 Å². The lowest BCUT2D eigenvalue weighted by Crippen LogP contribution is -2.38. The van der Waals surface area contributed by atoms with Crippen molar-refractivity contribution in [1.82, 2.24) is 4.72 Å². The lowest BCUT2D eigenvalue weighted by Gasteiger charge is -2.33. The molecule has 1 saturated heterocycles. The van der Waals surface area contributed by atoms with Crippen LogP contribution in [0.15, 0.2) is 53.4 Å². The number of sulfonamides is 1. The van der Waals surface area contributed by atoms with Gasteiger partial charge >= 0.3 is 0 Å². The van der Waals surface area contributed by atoms with Crippen LogP contribution in [-0.4, -0.2) is 33.5 Å². The van der Waals surface area contributed by atoms with Crippen molar-refractivity contribution in [3.05, 3.63) is 53.6 Å². The van der Waals surface area contributed by atoms with Crippen LogP contribution in [0, 0.1) is 5.92 Å². The highest BCUT2D eigenvalue weighted by atomic mass is 35.5. The molecule has 0 radical (unpaired) electrons. The topological polar surface area (TPSA) is 78.5 Å². The highest BCUT2D eigenvalue weighted by molar-refractivity contribution is 7.89. The smallest absolute Gasteiger partial charge is 0.240 e. The molecule has 2 aliphatic rings. The Kier molecular flexibility index (Phi) is 7.38. The van der Waals surface area contributed by atoms with E-state index < -0.39 is 10.0 Å². The zero-order valence-corrected chi connectivity index (χ0v) is 19.7. The Hall–Kier alpha value is -2.09. The van der Waals surface area contributed by atoms with Crippen molar-refractivity contribution >= 4 is 38.9 Å². The molecule has 2 N–H and O–H groups in total.